The fraction of sp³-hybridized carbons (Fsp3) is 0.912. The van der Waals surface area contributed by atoms with Crippen molar-refractivity contribution in [3.05, 3.63) is 23.8 Å². The highest BCUT2D eigenvalue weighted by Crippen LogP contribution is 2.67. The highest BCUT2D eigenvalue weighted by molar-refractivity contribution is 5.67. The number of rotatable bonds is 33. The van der Waals surface area contributed by atoms with Gasteiger partial charge in [0.2, 0.25) is 0 Å². The molecular weight excluding hydrogens is 809 g/mol. The second kappa shape index (κ2) is 30.2. The molecule has 1 aliphatic heterocycles. The fourth-order valence-electron chi connectivity index (χ4n) is 13.4. The minimum Gasteiger partial charge on any atom is -0.446 e. The summed E-state index contributed by atoms with van der Waals surface area (Å²) in [5, 5.41) is 2.96. The van der Waals surface area contributed by atoms with Crippen LogP contribution >= 0.6 is 0 Å². The van der Waals surface area contributed by atoms with E-state index < -0.39 is 0 Å². The van der Waals surface area contributed by atoms with Gasteiger partial charge in [-0.3, -0.25) is 4.90 Å². The molecule has 5 aliphatic rings. The molecule has 1 saturated heterocycles. The van der Waals surface area contributed by atoms with Gasteiger partial charge in [0.1, 0.15) is 6.10 Å². The standard InChI is InChI=1S/C57H102N2O6/c1-7-8-9-10-11-12-13-14-15-16-17-18-19-20-21-22-37-63-45-50(44-59-35-39-62-40-36-59)64-42-41-61-38-34-58-55(60)65-49-30-32-56(5)48(43-49)26-27-51-53-29-28-52(47(4)25-23-24-46(2)3)57(53,6)33-31-54(51)56/h14-15,26,46-47,49-54H,7-13,16-25,27-45H2,1-6H3,(H,58,60)/t47-,49+,50?,51+,52-,53+,54+,56+,57-/m1/s1. The Balaban J connectivity index is 0.899. The highest BCUT2D eigenvalue weighted by atomic mass is 16.6. The first-order valence-electron chi connectivity index (χ1n) is 28.0. The van der Waals surface area contributed by atoms with Crippen molar-refractivity contribution < 1.29 is 28.5 Å². The molecular formula is C57H102N2O6. The van der Waals surface area contributed by atoms with Crippen LogP contribution in [0.25, 0.3) is 0 Å². The van der Waals surface area contributed by atoms with E-state index in [4.69, 9.17) is 23.7 Å². The number of ether oxygens (including phenoxy) is 5. The Morgan fingerprint density at radius 1 is 0.800 bits per heavy atom. The lowest BCUT2D eigenvalue weighted by molar-refractivity contribution is -0.0622. The summed E-state index contributed by atoms with van der Waals surface area (Å²) in [5.74, 6) is 5.03. The Kier molecular flexibility index (Phi) is 25.3. The van der Waals surface area contributed by atoms with E-state index in [1.54, 1.807) is 5.57 Å². The van der Waals surface area contributed by atoms with Crippen molar-refractivity contribution in [3.8, 4) is 0 Å². The van der Waals surface area contributed by atoms with E-state index in [-0.39, 0.29) is 23.7 Å². The van der Waals surface area contributed by atoms with Gasteiger partial charge >= 0.3 is 6.09 Å². The molecule has 1 amide bonds. The van der Waals surface area contributed by atoms with Gasteiger partial charge < -0.3 is 29.0 Å². The van der Waals surface area contributed by atoms with Gasteiger partial charge in [0.25, 0.3) is 0 Å². The molecule has 0 spiro atoms. The van der Waals surface area contributed by atoms with Gasteiger partial charge in [-0.1, -0.05) is 142 Å². The minimum absolute atomic E-state index is 0.00731. The SMILES string of the molecule is CCCCCCCCC=CCCCCCCCCOCC(CN1CCOCC1)OCCOCCNC(=O)O[C@H]1CC[C@@]2(C)C(=CC[C@H]3[C@@H]4CC[C@H]([C@H](C)CCCC(C)C)[C@@]4(C)CC[C@@H]32)C1. The van der Waals surface area contributed by atoms with Crippen LogP contribution in [-0.4, -0.2) is 95.6 Å². The number of alkyl carbamates (subject to hydrolysis) is 1. The Bertz CT molecular complexity index is 1350. The summed E-state index contributed by atoms with van der Waals surface area (Å²) >= 11 is 0. The lowest BCUT2D eigenvalue weighted by atomic mass is 9.47. The van der Waals surface area contributed by atoms with E-state index in [0.717, 1.165) is 101 Å². The molecule has 3 saturated carbocycles. The van der Waals surface area contributed by atoms with E-state index in [1.807, 2.05) is 0 Å². The van der Waals surface area contributed by atoms with Crippen LogP contribution in [0.1, 0.15) is 202 Å². The van der Waals surface area contributed by atoms with Crippen molar-refractivity contribution in [2.75, 3.05) is 72.4 Å². The molecule has 65 heavy (non-hydrogen) atoms. The number of nitrogens with one attached hydrogen (secondary N) is 1. The zero-order valence-electron chi connectivity index (χ0n) is 43.2. The number of carbonyl (C=O) groups excluding carboxylic acids is 1. The van der Waals surface area contributed by atoms with Gasteiger partial charge in [-0.15, -0.1) is 0 Å². The first-order chi connectivity index (χ1) is 31.6. The van der Waals surface area contributed by atoms with Gasteiger partial charge in [0.15, 0.2) is 0 Å². The quantitative estimate of drug-likeness (QED) is 0.0519. The maximum atomic E-state index is 12.9. The number of carbonyl (C=O) groups is 1. The molecule has 1 heterocycles. The molecule has 4 aliphatic carbocycles. The van der Waals surface area contributed by atoms with Crippen LogP contribution in [0.4, 0.5) is 4.79 Å². The molecule has 376 valence electrons. The summed E-state index contributed by atoms with van der Waals surface area (Å²) < 4.78 is 29.9. The van der Waals surface area contributed by atoms with Crippen molar-refractivity contribution in [1.82, 2.24) is 10.2 Å². The molecule has 0 bridgehead atoms. The summed E-state index contributed by atoms with van der Waals surface area (Å²) in [6.07, 6.45) is 39.5. The van der Waals surface area contributed by atoms with Crippen molar-refractivity contribution in [3.63, 3.8) is 0 Å². The van der Waals surface area contributed by atoms with Gasteiger partial charge in [-0.2, -0.15) is 0 Å². The van der Waals surface area contributed by atoms with Crippen LogP contribution in [0.2, 0.25) is 0 Å². The molecule has 1 N–H and O–H groups in total. The average Bonchev–Trinajstić information content (AvgIpc) is 3.66. The van der Waals surface area contributed by atoms with Crippen LogP contribution in [0.3, 0.4) is 0 Å². The Morgan fingerprint density at radius 3 is 2.26 bits per heavy atom. The molecule has 1 unspecified atom stereocenters. The summed E-state index contributed by atoms with van der Waals surface area (Å²) in [4.78, 5) is 15.3. The van der Waals surface area contributed by atoms with Crippen LogP contribution < -0.4 is 5.32 Å². The monoisotopic (exact) mass is 911 g/mol. The normalized spacial score (nSPS) is 29.0. The lowest BCUT2D eigenvalue weighted by Crippen LogP contribution is -2.51. The zero-order chi connectivity index (χ0) is 46.2. The Morgan fingerprint density at radius 2 is 1.52 bits per heavy atom. The molecule has 9 atom stereocenters. The molecule has 4 fully saturated rings. The topological polar surface area (TPSA) is 78.5 Å². The number of unbranched alkanes of at least 4 members (excludes halogenated alkanes) is 12. The van der Waals surface area contributed by atoms with Crippen molar-refractivity contribution in [1.29, 1.82) is 0 Å². The number of fused-ring (bicyclic) bond motifs is 5. The predicted octanol–water partition coefficient (Wildman–Crippen LogP) is 13.9. The molecule has 8 heteroatoms. The number of hydrogen-bond donors (Lipinski definition) is 1. The van der Waals surface area contributed by atoms with Gasteiger partial charge in [0, 0.05) is 39.2 Å². The molecule has 0 aromatic carbocycles. The van der Waals surface area contributed by atoms with Crippen molar-refractivity contribution in [2.24, 2.45) is 46.3 Å². The third-order valence-corrected chi connectivity index (χ3v) is 17.3. The van der Waals surface area contributed by atoms with E-state index >= 15 is 0 Å². The number of hydrogen-bond acceptors (Lipinski definition) is 7. The zero-order valence-corrected chi connectivity index (χ0v) is 43.2. The van der Waals surface area contributed by atoms with Gasteiger partial charge in [-0.25, -0.2) is 4.79 Å². The van der Waals surface area contributed by atoms with E-state index in [9.17, 15) is 4.79 Å². The van der Waals surface area contributed by atoms with E-state index in [0.29, 0.717) is 38.4 Å². The Labute approximate surface area is 400 Å². The Hall–Kier alpha value is -1.45. The number of allylic oxidation sites excluding steroid dienone is 3. The number of amides is 1. The highest BCUT2D eigenvalue weighted by Gasteiger charge is 2.59. The molecule has 8 nitrogen and oxygen atoms in total. The maximum absolute atomic E-state index is 12.9. The van der Waals surface area contributed by atoms with Crippen LogP contribution in [0.5, 0.6) is 0 Å². The smallest absolute Gasteiger partial charge is 0.407 e. The molecule has 0 aromatic heterocycles. The minimum atomic E-state index is -0.315. The van der Waals surface area contributed by atoms with Gasteiger partial charge in [0.05, 0.1) is 45.7 Å². The third kappa shape index (κ3) is 18.1. The largest absolute Gasteiger partial charge is 0.446 e. The van der Waals surface area contributed by atoms with Gasteiger partial charge in [-0.05, 0) is 123 Å². The van der Waals surface area contributed by atoms with Crippen molar-refractivity contribution in [2.45, 2.75) is 214 Å². The number of morpholine rings is 1. The molecule has 0 radical (unpaired) electrons. The van der Waals surface area contributed by atoms with Crippen LogP contribution in [-0.2, 0) is 23.7 Å². The van der Waals surface area contributed by atoms with E-state index in [1.165, 1.54) is 135 Å². The van der Waals surface area contributed by atoms with Crippen LogP contribution in [0, 0.1) is 46.3 Å². The maximum Gasteiger partial charge on any atom is 0.407 e. The second-order valence-corrected chi connectivity index (χ2v) is 22.5. The predicted molar refractivity (Wildman–Crippen MR) is 269 cm³/mol. The molecule has 0 aromatic rings. The number of nitrogens with zero attached hydrogens (tertiary/aromatic N) is 1. The van der Waals surface area contributed by atoms with Crippen molar-refractivity contribution >= 4 is 6.09 Å². The summed E-state index contributed by atoms with van der Waals surface area (Å²) in [6.45, 7) is 22.4. The molecule has 5 rings (SSSR count). The first kappa shape index (κ1) is 54.5. The third-order valence-electron chi connectivity index (χ3n) is 17.3. The average molecular weight is 911 g/mol. The summed E-state index contributed by atoms with van der Waals surface area (Å²) in [6, 6.07) is 0. The van der Waals surface area contributed by atoms with E-state index in [2.05, 4.69) is 70.0 Å². The summed E-state index contributed by atoms with van der Waals surface area (Å²) in [5.41, 5.74) is 2.34. The summed E-state index contributed by atoms with van der Waals surface area (Å²) in [7, 11) is 0. The fourth-order valence-corrected chi connectivity index (χ4v) is 13.4. The van der Waals surface area contributed by atoms with Crippen LogP contribution in [0.15, 0.2) is 23.8 Å². The second-order valence-electron chi connectivity index (χ2n) is 22.5. The first-order valence-corrected chi connectivity index (χ1v) is 28.0. The lowest BCUT2D eigenvalue weighted by Gasteiger charge is -2.58.